The van der Waals surface area contributed by atoms with Gasteiger partial charge in [-0.25, -0.2) is 0 Å². The van der Waals surface area contributed by atoms with Crippen LogP contribution >= 0.6 is 0 Å². The van der Waals surface area contributed by atoms with E-state index in [0.717, 1.165) is 5.39 Å². The van der Waals surface area contributed by atoms with Gasteiger partial charge in [0.05, 0.1) is 0 Å². The molecule has 19 heavy (non-hydrogen) atoms. The normalized spacial score (nSPS) is 13.7. The highest BCUT2D eigenvalue weighted by Gasteiger charge is 2.19. The third-order valence-electron chi connectivity index (χ3n) is 3.67. The molecule has 2 rings (SSSR count). The van der Waals surface area contributed by atoms with Crippen LogP contribution in [0.3, 0.4) is 0 Å². The van der Waals surface area contributed by atoms with Gasteiger partial charge >= 0.3 is 0 Å². The van der Waals surface area contributed by atoms with Crippen molar-refractivity contribution in [3.8, 4) is 5.75 Å². The average Bonchev–Trinajstić information content (AvgIpc) is 2.34. The molecule has 0 fully saturated rings. The Labute approximate surface area is 116 Å². The molecule has 0 bridgehead atoms. The highest BCUT2D eigenvalue weighted by Crippen LogP contribution is 2.34. The maximum Gasteiger partial charge on any atom is 0.116 e. The van der Waals surface area contributed by atoms with E-state index in [1.807, 2.05) is 12.1 Å². The molecule has 1 nitrogen and oxygen atoms in total. The second-order valence-corrected chi connectivity index (χ2v) is 6.66. The number of benzene rings is 2. The van der Waals surface area contributed by atoms with E-state index < -0.39 is 0 Å². The molecule has 1 heteroatoms. The molecule has 102 valence electrons. The van der Waals surface area contributed by atoms with Gasteiger partial charge in [-0.1, -0.05) is 52.0 Å². The SMILES string of the molecule is CCC(CC(C)(C)C)c1ccc2cc(O)ccc2c1. The first-order valence-electron chi connectivity index (χ1n) is 7.12. The fourth-order valence-electron chi connectivity index (χ4n) is 2.74. The smallest absolute Gasteiger partial charge is 0.116 e. The molecule has 0 saturated carbocycles. The molecule has 0 spiro atoms. The van der Waals surface area contributed by atoms with Crippen LogP contribution in [0.2, 0.25) is 0 Å². The van der Waals surface area contributed by atoms with E-state index in [1.54, 1.807) is 6.07 Å². The molecule has 0 aliphatic rings. The van der Waals surface area contributed by atoms with Gasteiger partial charge in [-0.3, -0.25) is 0 Å². The molecule has 0 aliphatic heterocycles. The number of hydrogen-bond donors (Lipinski definition) is 1. The lowest BCUT2D eigenvalue weighted by molar-refractivity contribution is 0.335. The minimum absolute atomic E-state index is 0.335. The zero-order chi connectivity index (χ0) is 14.0. The number of phenols is 1. The van der Waals surface area contributed by atoms with Crippen LogP contribution in [0.4, 0.5) is 0 Å². The van der Waals surface area contributed by atoms with Crippen LogP contribution in [0.5, 0.6) is 5.75 Å². The van der Waals surface area contributed by atoms with Crippen molar-refractivity contribution in [2.75, 3.05) is 0 Å². The Balaban J connectivity index is 2.36. The molecule has 0 aromatic heterocycles. The van der Waals surface area contributed by atoms with Crippen LogP contribution in [-0.4, -0.2) is 5.11 Å². The van der Waals surface area contributed by atoms with Crippen molar-refractivity contribution in [2.24, 2.45) is 5.41 Å². The monoisotopic (exact) mass is 256 g/mol. The molecule has 2 aromatic carbocycles. The van der Waals surface area contributed by atoms with E-state index in [4.69, 9.17) is 0 Å². The molecule has 0 radical (unpaired) electrons. The molecule has 0 aliphatic carbocycles. The highest BCUT2D eigenvalue weighted by molar-refractivity contribution is 5.84. The van der Waals surface area contributed by atoms with E-state index >= 15 is 0 Å². The van der Waals surface area contributed by atoms with Gasteiger partial charge in [-0.05, 0) is 52.6 Å². The Kier molecular flexibility index (Phi) is 3.84. The van der Waals surface area contributed by atoms with Gasteiger partial charge in [0.15, 0.2) is 0 Å². The molecule has 0 amide bonds. The van der Waals surface area contributed by atoms with E-state index in [0.29, 0.717) is 17.1 Å². The van der Waals surface area contributed by atoms with E-state index in [1.165, 1.54) is 23.8 Å². The summed E-state index contributed by atoms with van der Waals surface area (Å²) in [6, 6.07) is 12.2. The maximum absolute atomic E-state index is 9.51. The zero-order valence-electron chi connectivity index (χ0n) is 12.4. The number of phenolic OH excluding ortho intramolecular Hbond substituents is 1. The van der Waals surface area contributed by atoms with Gasteiger partial charge in [-0.2, -0.15) is 0 Å². The largest absolute Gasteiger partial charge is 0.508 e. The van der Waals surface area contributed by atoms with Crippen molar-refractivity contribution < 1.29 is 5.11 Å². The summed E-state index contributed by atoms with van der Waals surface area (Å²) in [5.41, 5.74) is 1.76. The summed E-state index contributed by atoms with van der Waals surface area (Å²) < 4.78 is 0. The zero-order valence-corrected chi connectivity index (χ0v) is 12.4. The van der Waals surface area contributed by atoms with Crippen LogP contribution in [0, 0.1) is 5.41 Å². The van der Waals surface area contributed by atoms with Crippen LogP contribution in [-0.2, 0) is 0 Å². The molecule has 0 saturated heterocycles. The second-order valence-electron chi connectivity index (χ2n) is 6.66. The lowest BCUT2D eigenvalue weighted by Gasteiger charge is -2.25. The standard InChI is InChI=1S/C18H24O/c1-5-13(12-18(2,3)4)14-6-7-16-11-17(19)9-8-15(16)10-14/h6-11,13,19H,5,12H2,1-4H3. The van der Waals surface area contributed by atoms with E-state index in [2.05, 4.69) is 45.9 Å². The number of fused-ring (bicyclic) bond motifs is 1. The molecular formula is C18H24O. The summed E-state index contributed by atoms with van der Waals surface area (Å²) >= 11 is 0. The van der Waals surface area contributed by atoms with E-state index in [-0.39, 0.29) is 0 Å². The van der Waals surface area contributed by atoms with Crippen LogP contribution in [0.25, 0.3) is 10.8 Å². The fourth-order valence-corrected chi connectivity index (χ4v) is 2.74. The Morgan fingerprint density at radius 2 is 1.63 bits per heavy atom. The minimum atomic E-state index is 0.335. The van der Waals surface area contributed by atoms with Crippen LogP contribution in [0.15, 0.2) is 36.4 Å². The van der Waals surface area contributed by atoms with Crippen molar-refractivity contribution in [1.82, 2.24) is 0 Å². The summed E-state index contributed by atoms with van der Waals surface area (Å²) in [6.07, 6.45) is 2.37. The van der Waals surface area contributed by atoms with Gasteiger partial charge in [0, 0.05) is 0 Å². The first-order valence-corrected chi connectivity index (χ1v) is 7.12. The lowest BCUT2D eigenvalue weighted by Crippen LogP contribution is -2.11. The Morgan fingerprint density at radius 1 is 1.00 bits per heavy atom. The van der Waals surface area contributed by atoms with Crippen LogP contribution in [0.1, 0.15) is 52.0 Å². The fraction of sp³-hybridized carbons (Fsp3) is 0.444. The van der Waals surface area contributed by atoms with Gasteiger partial charge in [0.25, 0.3) is 0 Å². The van der Waals surface area contributed by atoms with Gasteiger partial charge < -0.3 is 5.11 Å². The first kappa shape index (κ1) is 13.9. The Morgan fingerprint density at radius 3 is 2.26 bits per heavy atom. The summed E-state index contributed by atoms with van der Waals surface area (Å²) in [4.78, 5) is 0. The number of hydrogen-bond acceptors (Lipinski definition) is 1. The van der Waals surface area contributed by atoms with Crippen molar-refractivity contribution >= 4 is 10.8 Å². The quantitative estimate of drug-likeness (QED) is 0.771. The predicted octanol–water partition coefficient (Wildman–Crippen LogP) is 5.48. The third-order valence-corrected chi connectivity index (χ3v) is 3.67. The Bertz CT molecular complexity index is 563. The van der Waals surface area contributed by atoms with Crippen molar-refractivity contribution in [2.45, 2.75) is 46.5 Å². The summed E-state index contributed by atoms with van der Waals surface area (Å²) in [6.45, 7) is 9.16. The molecule has 0 heterocycles. The summed E-state index contributed by atoms with van der Waals surface area (Å²) in [5, 5.41) is 11.8. The predicted molar refractivity (Wildman–Crippen MR) is 82.7 cm³/mol. The van der Waals surface area contributed by atoms with Crippen molar-refractivity contribution in [1.29, 1.82) is 0 Å². The number of rotatable bonds is 3. The molecule has 1 atom stereocenters. The van der Waals surface area contributed by atoms with Gasteiger partial charge in [0.2, 0.25) is 0 Å². The Hall–Kier alpha value is -1.50. The lowest BCUT2D eigenvalue weighted by atomic mass is 9.80. The second kappa shape index (κ2) is 5.24. The molecule has 2 aromatic rings. The van der Waals surface area contributed by atoms with Gasteiger partial charge in [-0.15, -0.1) is 0 Å². The topological polar surface area (TPSA) is 20.2 Å². The maximum atomic E-state index is 9.51. The van der Waals surface area contributed by atoms with E-state index in [9.17, 15) is 5.11 Å². The first-order chi connectivity index (χ1) is 8.89. The third kappa shape index (κ3) is 3.50. The molecule has 1 unspecified atom stereocenters. The average molecular weight is 256 g/mol. The van der Waals surface area contributed by atoms with Crippen molar-refractivity contribution in [3.05, 3.63) is 42.0 Å². The van der Waals surface area contributed by atoms with Gasteiger partial charge in [0.1, 0.15) is 5.75 Å². The summed E-state index contributed by atoms with van der Waals surface area (Å²) in [7, 11) is 0. The van der Waals surface area contributed by atoms with Crippen molar-refractivity contribution in [3.63, 3.8) is 0 Å². The summed E-state index contributed by atoms with van der Waals surface area (Å²) in [5.74, 6) is 0.945. The molecule has 1 N–H and O–H groups in total. The highest BCUT2D eigenvalue weighted by atomic mass is 16.3. The minimum Gasteiger partial charge on any atom is -0.508 e. The molecular weight excluding hydrogens is 232 g/mol. The number of aromatic hydroxyl groups is 1. The van der Waals surface area contributed by atoms with Crippen LogP contribution < -0.4 is 0 Å².